The molecule has 0 fully saturated rings. The van der Waals surface area contributed by atoms with Crippen LogP contribution < -0.4 is 15.2 Å². The van der Waals surface area contributed by atoms with Crippen LogP contribution in [0.25, 0.3) is 0 Å². The van der Waals surface area contributed by atoms with Gasteiger partial charge in [-0.25, -0.2) is 8.78 Å². The van der Waals surface area contributed by atoms with Crippen molar-refractivity contribution in [2.45, 2.75) is 6.43 Å². The summed E-state index contributed by atoms with van der Waals surface area (Å²) >= 11 is 0. The van der Waals surface area contributed by atoms with E-state index < -0.39 is 13.0 Å². The Morgan fingerprint density at radius 2 is 2.00 bits per heavy atom. The minimum absolute atomic E-state index is 0.298. The highest BCUT2D eigenvalue weighted by Crippen LogP contribution is 2.27. The standard InChI is InChI=1S/C11H15F2NO3/c1-15-4-5-16-10-6-8(2-3-9(10)14)17-7-11(12)13/h2-3,6,11H,4-5,7,14H2,1H3. The second kappa shape index (κ2) is 6.90. The van der Waals surface area contributed by atoms with Gasteiger partial charge in [0.25, 0.3) is 6.43 Å². The van der Waals surface area contributed by atoms with E-state index in [0.717, 1.165) is 0 Å². The average molecular weight is 247 g/mol. The monoisotopic (exact) mass is 247 g/mol. The number of ether oxygens (including phenoxy) is 3. The van der Waals surface area contributed by atoms with Crippen molar-refractivity contribution >= 4 is 5.69 Å². The van der Waals surface area contributed by atoms with Gasteiger partial charge in [0.05, 0.1) is 12.3 Å². The third kappa shape index (κ3) is 4.86. The Kier molecular flexibility index (Phi) is 5.48. The number of alkyl halides is 2. The molecule has 0 unspecified atom stereocenters. The maximum absolute atomic E-state index is 12.0. The van der Waals surface area contributed by atoms with Crippen molar-refractivity contribution in [1.82, 2.24) is 0 Å². The molecule has 0 aromatic heterocycles. The minimum Gasteiger partial charge on any atom is -0.489 e. The van der Waals surface area contributed by atoms with Crippen molar-refractivity contribution in [1.29, 1.82) is 0 Å². The molecule has 2 N–H and O–H groups in total. The molecule has 0 aliphatic rings. The normalized spacial score (nSPS) is 10.6. The van der Waals surface area contributed by atoms with Crippen LogP contribution in [0, 0.1) is 0 Å². The maximum atomic E-state index is 12.0. The van der Waals surface area contributed by atoms with E-state index in [4.69, 9.17) is 19.9 Å². The molecule has 1 aromatic rings. The van der Waals surface area contributed by atoms with Gasteiger partial charge < -0.3 is 19.9 Å². The minimum atomic E-state index is -2.51. The summed E-state index contributed by atoms with van der Waals surface area (Å²) in [5.41, 5.74) is 6.08. The molecule has 0 saturated carbocycles. The van der Waals surface area contributed by atoms with Crippen molar-refractivity contribution in [2.75, 3.05) is 32.7 Å². The molecule has 0 spiro atoms. The van der Waals surface area contributed by atoms with Crippen molar-refractivity contribution in [3.63, 3.8) is 0 Å². The lowest BCUT2D eigenvalue weighted by Gasteiger charge is -2.11. The van der Waals surface area contributed by atoms with Crippen molar-refractivity contribution < 1.29 is 23.0 Å². The van der Waals surface area contributed by atoms with Crippen LogP contribution in [0.2, 0.25) is 0 Å². The molecule has 0 heterocycles. The van der Waals surface area contributed by atoms with Crippen LogP contribution in [0.15, 0.2) is 18.2 Å². The summed E-state index contributed by atoms with van der Waals surface area (Å²) in [5, 5.41) is 0. The van der Waals surface area contributed by atoms with E-state index in [9.17, 15) is 8.78 Å². The molecule has 0 saturated heterocycles. The van der Waals surface area contributed by atoms with E-state index in [1.165, 1.54) is 12.1 Å². The molecule has 0 aliphatic carbocycles. The van der Waals surface area contributed by atoms with Gasteiger partial charge in [0.1, 0.15) is 24.7 Å². The molecular weight excluding hydrogens is 232 g/mol. The van der Waals surface area contributed by atoms with Crippen molar-refractivity contribution in [3.05, 3.63) is 18.2 Å². The first-order chi connectivity index (χ1) is 8.13. The Labute approximate surface area is 98.3 Å². The molecule has 17 heavy (non-hydrogen) atoms. The third-order valence-electron chi connectivity index (χ3n) is 1.91. The molecule has 6 heteroatoms. The van der Waals surface area contributed by atoms with Crippen LogP contribution in [0.5, 0.6) is 11.5 Å². The summed E-state index contributed by atoms with van der Waals surface area (Å²) in [6.45, 7) is 0.0992. The lowest BCUT2D eigenvalue weighted by atomic mass is 10.3. The predicted octanol–water partition coefficient (Wildman–Crippen LogP) is 1.94. The molecule has 1 rings (SSSR count). The summed E-state index contributed by atoms with van der Waals surface area (Å²) in [7, 11) is 1.55. The lowest BCUT2D eigenvalue weighted by Crippen LogP contribution is -2.08. The van der Waals surface area contributed by atoms with E-state index in [1.54, 1.807) is 13.2 Å². The molecule has 4 nitrogen and oxygen atoms in total. The molecule has 0 atom stereocenters. The Morgan fingerprint density at radius 1 is 1.24 bits per heavy atom. The van der Waals surface area contributed by atoms with Gasteiger partial charge in [0.15, 0.2) is 0 Å². The van der Waals surface area contributed by atoms with Gasteiger partial charge in [0.2, 0.25) is 0 Å². The average Bonchev–Trinajstić information content (AvgIpc) is 2.30. The van der Waals surface area contributed by atoms with Gasteiger partial charge in [-0.3, -0.25) is 0 Å². The molecule has 96 valence electrons. The second-order valence-electron chi connectivity index (χ2n) is 3.24. The predicted molar refractivity (Wildman–Crippen MR) is 59.7 cm³/mol. The van der Waals surface area contributed by atoms with E-state index >= 15 is 0 Å². The van der Waals surface area contributed by atoms with Gasteiger partial charge >= 0.3 is 0 Å². The number of benzene rings is 1. The van der Waals surface area contributed by atoms with Gasteiger partial charge in [-0.15, -0.1) is 0 Å². The van der Waals surface area contributed by atoms with Crippen LogP contribution >= 0.6 is 0 Å². The fourth-order valence-electron chi connectivity index (χ4n) is 1.12. The largest absolute Gasteiger partial charge is 0.489 e. The molecule has 0 bridgehead atoms. The van der Waals surface area contributed by atoms with Crippen molar-refractivity contribution in [2.24, 2.45) is 0 Å². The van der Waals surface area contributed by atoms with Crippen LogP contribution in [-0.2, 0) is 4.74 Å². The number of rotatable bonds is 7. The zero-order valence-electron chi connectivity index (χ0n) is 9.49. The first-order valence-electron chi connectivity index (χ1n) is 5.05. The Hall–Kier alpha value is -1.56. The molecule has 0 amide bonds. The number of nitrogen functional groups attached to an aromatic ring is 1. The molecule has 0 aliphatic heterocycles. The topological polar surface area (TPSA) is 53.7 Å². The molecule has 0 radical (unpaired) electrons. The zero-order chi connectivity index (χ0) is 12.7. The van der Waals surface area contributed by atoms with Gasteiger partial charge in [-0.05, 0) is 12.1 Å². The van der Waals surface area contributed by atoms with E-state index in [-0.39, 0.29) is 0 Å². The Bertz CT molecular complexity index is 347. The maximum Gasteiger partial charge on any atom is 0.272 e. The van der Waals surface area contributed by atoms with Gasteiger partial charge in [-0.2, -0.15) is 0 Å². The number of methoxy groups -OCH3 is 1. The fraction of sp³-hybridized carbons (Fsp3) is 0.455. The number of hydrogen-bond acceptors (Lipinski definition) is 4. The van der Waals surface area contributed by atoms with Crippen LogP contribution in [-0.4, -0.2) is 33.4 Å². The highest BCUT2D eigenvalue weighted by Gasteiger charge is 2.06. The fourth-order valence-corrected chi connectivity index (χ4v) is 1.12. The summed E-state index contributed by atoms with van der Waals surface area (Å²) in [6, 6.07) is 4.54. The zero-order valence-corrected chi connectivity index (χ0v) is 9.49. The summed E-state index contributed by atoms with van der Waals surface area (Å²) < 4.78 is 38.9. The number of anilines is 1. The van der Waals surface area contributed by atoms with Gasteiger partial charge in [-0.1, -0.05) is 0 Å². The SMILES string of the molecule is COCCOc1cc(OCC(F)F)ccc1N. The summed E-state index contributed by atoms with van der Waals surface area (Å²) in [5.74, 6) is 0.695. The smallest absolute Gasteiger partial charge is 0.272 e. The molecular formula is C11H15F2NO3. The first kappa shape index (κ1) is 13.5. The summed E-state index contributed by atoms with van der Waals surface area (Å²) in [4.78, 5) is 0. The van der Waals surface area contributed by atoms with E-state index in [2.05, 4.69) is 0 Å². The Morgan fingerprint density at radius 3 is 2.65 bits per heavy atom. The quantitative estimate of drug-likeness (QED) is 0.591. The van der Waals surface area contributed by atoms with E-state index in [0.29, 0.717) is 30.4 Å². The highest BCUT2D eigenvalue weighted by atomic mass is 19.3. The first-order valence-corrected chi connectivity index (χ1v) is 5.05. The van der Waals surface area contributed by atoms with Gasteiger partial charge in [0, 0.05) is 13.2 Å². The van der Waals surface area contributed by atoms with E-state index in [1.807, 2.05) is 0 Å². The van der Waals surface area contributed by atoms with Crippen LogP contribution in [0.1, 0.15) is 0 Å². The molecule has 1 aromatic carbocycles. The second-order valence-corrected chi connectivity index (χ2v) is 3.24. The highest BCUT2D eigenvalue weighted by molar-refractivity contribution is 5.55. The lowest BCUT2D eigenvalue weighted by molar-refractivity contribution is 0.0816. The number of nitrogens with two attached hydrogens (primary N) is 1. The Balaban J connectivity index is 2.59. The summed E-state index contributed by atoms with van der Waals surface area (Å²) in [6.07, 6.45) is -2.51. The van der Waals surface area contributed by atoms with Crippen LogP contribution in [0.3, 0.4) is 0 Å². The number of halogens is 2. The van der Waals surface area contributed by atoms with Crippen molar-refractivity contribution in [3.8, 4) is 11.5 Å². The third-order valence-corrected chi connectivity index (χ3v) is 1.91. The van der Waals surface area contributed by atoms with Crippen LogP contribution in [0.4, 0.5) is 14.5 Å². The number of hydrogen-bond donors (Lipinski definition) is 1.